The lowest BCUT2D eigenvalue weighted by Gasteiger charge is -2.30. The van der Waals surface area contributed by atoms with Crippen LogP contribution in [-0.4, -0.2) is 42.1 Å². The molecule has 1 aliphatic rings. The highest BCUT2D eigenvalue weighted by atomic mass is 32.2. The van der Waals surface area contributed by atoms with Crippen molar-refractivity contribution in [3.8, 4) is 0 Å². The summed E-state index contributed by atoms with van der Waals surface area (Å²) in [5.74, 6) is -0.277. The van der Waals surface area contributed by atoms with Crippen molar-refractivity contribution in [2.75, 3.05) is 13.1 Å². The lowest BCUT2D eigenvalue weighted by Crippen LogP contribution is -2.43. The summed E-state index contributed by atoms with van der Waals surface area (Å²) in [7, 11) is -3.77. The summed E-state index contributed by atoms with van der Waals surface area (Å²) in [6, 6.07) is 1.68. The second-order valence-corrected chi connectivity index (χ2v) is 8.27. The minimum Gasteiger partial charge on any atom is -0.457 e. The van der Waals surface area contributed by atoms with Crippen LogP contribution in [0.4, 0.5) is 0 Å². The summed E-state index contributed by atoms with van der Waals surface area (Å²) in [5, 5.41) is 7.44. The van der Waals surface area contributed by atoms with E-state index in [0.29, 0.717) is 36.5 Å². The number of rotatable bonds is 5. The molecule has 9 nitrogen and oxygen atoms in total. The molecule has 0 aliphatic carbocycles. The van der Waals surface area contributed by atoms with Gasteiger partial charge in [-0.3, -0.25) is 4.79 Å². The number of aryl methyl sites for hydroxylation is 3. The summed E-state index contributed by atoms with van der Waals surface area (Å²) in [6.07, 6.45) is 1.14. The third-order valence-electron chi connectivity index (χ3n) is 4.32. The molecule has 3 rings (SSSR count). The standard InChI is InChI=1S/C16H21N3O6S/c1-10-7-14(25-17-10)9-23-16(20)13-5-4-6-19(8-13)26(21,22)15-11(2)18-24-12(15)3/h7,13H,4-6,8-9H2,1-3H3. The molecule has 10 heteroatoms. The molecule has 0 radical (unpaired) electrons. The van der Waals surface area contributed by atoms with Gasteiger partial charge in [-0.15, -0.1) is 0 Å². The fourth-order valence-corrected chi connectivity index (χ4v) is 4.88. The Morgan fingerprint density at radius 1 is 1.31 bits per heavy atom. The van der Waals surface area contributed by atoms with Crippen molar-refractivity contribution in [2.24, 2.45) is 5.92 Å². The van der Waals surface area contributed by atoms with Gasteiger partial charge in [0, 0.05) is 19.2 Å². The predicted molar refractivity (Wildman–Crippen MR) is 88.5 cm³/mol. The fourth-order valence-electron chi connectivity index (χ4n) is 3.07. The minimum absolute atomic E-state index is 0.0210. The molecule has 1 fully saturated rings. The Bertz CT molecular complexity index is 881. The van der Waals surface area contributed by atoms with E-state index in [1.165, 1.54) is 4.31 Å². The Morgan fingerprint density at radius 3 is 2.69 bits per heavy atom. The third kappa shape index (κ3) is 3.65. The number of hydrogen-bond acceptors (Lipinski definition) is 8. The maximum Gasteiger partial charge on any atom is 0.310 e. The van der Waals surface area contributed by atoms with Gasteiger partial charge in [0.25, 0.3) is 0 Å². The maximum absolute atomic E-state index is 12.9. The summed E-state index contributed by atoms with van der Waals surface area (Å²) >= 11 is 0. The first-order valence-corrected chi connectivity index (χ1v) is 9.75. The SMILES string of the molecule is Cc1cc(COC(=O)C2CCCN(S(=O)(=O)c3c(C)noc3C)C2)on1. The predicted octanol–water partition coefficient (Wildman–Crippen LogP) is 1.73. The first kappa shape index (κ1) is 18.6. The van der Waals surface area contributed by atoms with E-state index >= 15 is 0 Å². The Kier molecular flexibility index (Phi) is 5.15. The Balaban J connectivity index is 1.68. The second kappa shape index (κ2) is 7.20. The van der Waals surface area contributed by atoms with Gasteiger partial charge < -0.3 is 13.8 Å². The normalized spacial score (nSPS) is 18.8. The van der Waals surface area contributed by atoms with Gasteiger partial charge in [0.1, 0.15) is 10.6 Å². The van der Waals surface area contributed by atoms with Crippen LogP contribution in [0.15, 0.2) is 20.0 Å². The topological polar surface area (TPSA) is 116 Å². The molecule has 0 amide bonds. The molecule has 142 valence electrons. The van der Waals surface area contributed by atoms with Gasteiger partial charge in [0.05, 0.1) is 11.6 Å². The van der Waals surface area contributed by atoms with E-state index in [-0.39, 0.29) is 23.8 Å². The largest absolute Gasteiger partial charge is 0.457 e. The van der Waals surface area contributed by atoms with Gasteiger partial charge in [-0.1, -0.05) is 10.3 Å². The van der Waals surface area contributed by atoms with E-state index in [1.54, 1.807) is 26.8 Å². The summed E-state index contributed by atoms with van der Waals surface area (Å²) < 4.78 is 42.3. The number of carbonyl (C=O) groups excluding carboxylic acids is 1. The highest BCUT2D eigenvalue weighted by Gasteiger charge is 2.37. The zero-order chi connectivity index (χ0) is 18.9. The molecular formula is C16H21N3O6S. The van der Waals surface area contributed by atoms with E-state index < -0.39 is 21.9 Å². The molecular weight excluding hydrogens is 362 g/mol. The highest BCUT2D eigenvalue weighted by Crippen LogP contribution is 2.28. The van der Waals surface area contributed by atoms with Crippen molar-refractivity contribution in [3.63, 3.8) is 0 Å². The molecule has 0 bridgehead atoms. The lowest BCUT2D eigenvalue weighted by atomic mass is 10.00. The quantitative estimate of drug-likeness (QED) is 0.717. The van der Waals surface area contributed by atoms with Gasteiger partial charge in [0.15, 0.2) is 18.1 Å². The molecule has 1 atom stereocenters. The van der Waals surface area contributed by atoms with Crippen LogP contribution in [-0.2, 0) is 26.2 Å². The molecule has 0 spiro atoms. The van der Waals surface area contributed by atoms with Crippen molar-refractivity contribution in [1.82, 2.24) is 14.6 Å². The Hall–Kier alpha value is -2.20. The van der Waals surface area contributed by atoms with E-state index in [1.807, 2.05) is 0 Å². The minimum atomic E-state index is -3.77. The average Bonchev–Trinajstić information content (AvgIpc) is 3.18. The molecule has 0 N–H and O–H groups in total. The second-order valence-electron chi connectivity index (χ2n) is 6.40. The van der Waals surface area contributed by atoms with Crippen LogP contribution < -0.4 is 0 Å². The zero-order valence-electron chi connectivity index (χ0n) is 14.9. The van der Waals surface area contributed by atoms with Crippen LogP contribution in [0.2, 0.25) is 0 Å². The lowest BCUT2D eigenvalue weighted by molar-refractivity contribution is -0.151. The molecule has 1 unspecified atom stereocenters. The van der Waals surface area contributed by atoms with Crippen molar-refractivity contribution < 1.29 is 27.0 Å². The smallest absolute Gasteiger partial charge is 0.310 e. The maximum atomic E-state index is 12.9. The van der Waals surface area contributed by atoms with Crippen LogP contribution >= 0.6 is 0 Å². The fraction of sp³-hybridized carbons (Fsp3) is 0.562. The van der Waals surface area contributed by atoms with E-state index in [2.05, 4.69) is 10.3 Å². The molecule has 1 aliphatic heterocycles. The number of sulfonamides is 1. The van der Waals surface area contributed by atoms with Gasteiger partial charge in [-0.05, 0) is 33.6 Å². The van der Waals surface area contributed by atoms with E-state index in [9.17, 15) is 13.2 Å². The van der Waals surface area contributed by atoms with Gasteiger partial charge in [-0.2, -0.15) is 4.31 Å². The Morgan fingerprint density at radius 2 is 2.08 bits per heavy atom. The number of nitrogens with zero attached hydrogens (tertiary/aromatic N) is 3. The molecule has 1 saturated heterocycles. The summed E-state index contributed by atoms with van der Waals surface area (Å²) in [5.41, 5.74) is 1.01. The first-order valence-electron chi connectivity index (χ1n) is 8.31. The van der Waals surface area contributed by atoms with E-state index in [4.69, 9.17) is 13.8 Å². The molecule has 2 aromatic heterocycles. The number of carbonyl (C=O) groups is 1. The van der Waals surface area contributed by atoms with Gasteiger partial charge >= 0.3 is 5.97 Å². The summed E-state index contributed by atoms with van der Waals surface area (Å²) in [4.78, 5) is 12.4. The first-order chi connectivity index (χ1) is 12.3. The van der Waals surface area contributed by atoms with Crippen molar-refractivity contribution in [1.29, 1.82) is 0 Å². The molecule has 26 heavy (non-hydrogen) atoms. The van der Waals surface area contributed by atoms with Crippen molar-refractivity contribution >= 4 is 16.0 Å². The van der Waals surface area contributed by atoms with Crippen LogP contribution in [0.1, 0.15) is 35.7 Å². The number of ether oxygens (including phenoxy) is 1. The summed E-state index contributed by atoms with van der Waals surface area (Å²) in [6.45, 7) is 5.30. The molecule has 0 saturated carbocycles. The highest BCUT2D eigenvalue weighted by molar-refractivity contribution is 7.89. The number of esters is 1. The number of hydrogen-bond donors (Lipinski definition) is 0. The average molecular weight is 383 g/mol. The van der Waals surface area contributed by atoms with Gasteiger partial charge in [0.2, 0.25) is 10.0 Å². The number of piperidine rings is 1. The monoisotopic (exact) mass is 383 g/mol. The van der Waals surface area contributed by atoms with Crippen molar-refractivity contribution in [2.45, 2.75) is 45.1 Å². The van der Waals surface area contributed by atoms with E-state index in [0.717, 1.165) is 0 Å². The molecule has 3 heterocycles. The number of aromatic nitrogens is 2. The Labute approximate surface area is 151 Å². The zero-order valence-corrected chi connectivity index (χ0v) is 15.7. The van der Waals surface area contributed by atoms with Crippen LogP contribution in [0.25, 0.3) is 0 Å². The van der Waals surface area contributed by atoms with Gasteiger partial charge in [-0.25, -0.2) is 8.42 Å². The van der Waals surface area contributed by atoms with Crippen LogP contribution in [0.3, 0.4) is 0 Å². The molecule has 2 aromatic rings. The third-order valence-corrected chi connectivity index (χ3v) is 6.43. The van der Waals surface area contributed by atoms with Crippen molar-refractivity contribution in [3.05, 3.63) is 29.0 Å². The molecule has 0 aromatic carbocycles. The van der Waals surface area contributed by atoms with Crippen LogP contribution in [0.5, 0.6) is 0 Å². The van der Waals surface area contributed by atoms with Crippen LogP contribution in [0, 0.1) is 26.7 Å².